The lowest BCUT2D eigenvalue weighted by atomic mass is 9.99. The van der Waals surface area contributed by atoms with Gasteiger partial charge in [-0.15, -0.1) is 6.58 Å². The molecule has 0 aliphatic heterocycles. The van der Waals surface area contributed by atoms with Crippen LogP contribution in [0, 0.1) is 0 Å². The summed E-state index contributed by atoms with van der Waals surface area (Å²) in [5.41, 5.74) is 2.84. The molecule has 1 atom stereocenters. The summed E-state index contributed by atoms with van der Waals surface area (Å²) in [6.45, 7) is 5.78. The molecule has 0 saturated carbocycles. The average Bonchev–Trinajstić information content (AvgIpc) is 2.87. The third-order valence-corrected chi connectivity index (χ3v) is 5.78. The fourth-order valence-corrected chi connectivity index (χ4v) is 3.82. The Balaban J connectivity index is 1.76. The van der Waals surface area contributed by atoms with Crippen molar-refractivity contribution in [2.75, 3.05) is 6.54 Å². The standard InChI is InChI=1S/C29H28F3NO4/c1-3-5-22-18-23(28(36)33-17-16-27(34)35)12-15-26(22)37-25(4-2)21-8-6-19(7-9-21)20-10-13-24(14-11-20)29(30,31)32/h3,6-15,18,25H,1,4-5,16-17H2,2H3,(H,33,36)(H,34,35)/t25-/m1/s1. The molecular weight excluding hydrogens is 483 g/mol. The Kier molecular flexibility index (Phi) is 9.11. The second-order valence-electron chi connectivity index (χ2n) is 8.43. The fourth-order valence-electron chi connectivity index (χ4n) is 3.82. The molecule has 0 fully saturated rings. The van der Waals surface area contributed by atoms with Crippen molar-refractivity contribution in [1.82, 2.24) is 5.32 Å². The summed E-state index contributed by atoms with van der Waals surface area (Å²) < 4.78 is 44.8. The zero-order valence-electron chi connectivity index (χ0n) is 20.3. The monoisotopic (exact) mass is 511 g/mol. The van der Waals surface area contributed by atoms with Crippen molar-refractivity contribution in [3.63, 3.8) is 0 Å². The number of amides is 1. The number of nitrogens with one attached hydrogen (secondary N) is 1. The first-order chi connectivity index (χ1) is 17.6. The summed E-state index contributed by atoms with van der Waals surface area (Å²) in [5.74, 6) is -0.765. The third kappa shape index (κ3) is 7.46. The highest BCUT2D eigenvalue weighted by molar-refractivity contribution is 5.94. The normalized spacial score (nSPS) is 12.0. The molecule has 37 heavy (non-hydrogen) atoms. The molecule has 0 aromatic heterocycles. The lowest BCUT2D eigenvalue weighted by Gasteiger charge is -2.21. The number of hydrogen-bond acceptors (Lipinski definition) is 3. The summed E-state index contributed by atoms with van der Waals surface area (Å²) in [7, 11) is 0. The summed E-state index contributed by atoms with van der Waals surface area (Å²) in [6.07, 6.45) is -2.00. The first-order valence-corrected chi connectivity index (χ1v) is 11.8. The van der Waals surface area contributed by atoms with E-state index in [-0.39, 0.29) is 25.0 Å². The van der Waals surface area contributed by atoms with Gasteiger partial charge in [0.2, 0.25) is 0 Å². The van der Waals surface area contributed by atoms with Crippen LogP contribution in [0.1, 0.15) is 52.9 Å². The molecule has 0 radical (unpaired) electrons. The highest BCUT2D eigenvalue weighted by Gasteiger charge is 2.30. The van der Waals surface area contributed by atoms with Crippen LogP contribution in [0.2, 0.25) is 0 Å². The molecule has 5 nitrogen and oxygen atoms in total. The molecule has 8 heteroatoms. The number of carboxylic acid groups (broad SMARTS) is 1. The van der Waals surface area contributed by atoms with E-state index in [9.17, 15) is 22.8 Å². The van der Waals surface area contributed by atoms with Crippen LogP contribution in [0.25, 0.3) is 11.1 Å². The van der Waals surface area contributed by atoms with Gasteiger partial charge in [0, 0.05) is 12.1 Å². The molecule has 0 aliphatic rings. The maximum absolute atomic E-state index is 12.8. The number of carbonyl (C=O) groups excluding carboxylic acids is 1. The van der Waals surface area contributed by atoms with Crippen molar-refractivity contribution in [2.24, 2.45) is 0 Å². The number of benzene rings is 3. The predicted molar refractivity (Wildman–Crippen MR) is 135 cm³/mol. The maximum atomic E-state index is 12.8. The van der Waals surface area contributed by atoms with Gasteiger partial charge in [-0.2, -0.15) is 13.2 Å². The van der Waals surface area contributed by atoms with Crippen molar-refractivity contribution >= 4 is 11.9 Å². The molecular formula is C29H28F3NO4. The van der Waals surface area contributed by atoms with Crippen LogP contribution in [0.15, 0.2) is 79.4 Å². The van der Waals surface area contributed by atoms with Gasteiger partial charge < -0.3 is 15.2 Å². The van der Waals surface area contributed by atoms with Crippen molar-refractivity contribution in [3.05, 3.63) is 102 Å². The second kappa shape index (κ2) is 12.3. The zero-order chi connectivity index (χ0) is 27.0. The summed E-state index contributed by atoms with van der Waals surface area (Å²) >= 11 is 0. The van der Waals surface area contributed by atoms with Crippen LogP contribution in [0.3, 0.4) is 0 Å². The van der Waals surface area contributed by atoms with Crippen LogP contribution in [0.4, 0.5) is 13.2 Å². The number of carboxylic acids is 1. The highest BCUT2D eigenvalue weighted by atomic mass is 19.4. The second-order valence-corrected chi connectivity index (χ2v) is 8.43. The van der Waals surface area contributed by atoms with E-state index < -0.39 is 17.7 Å². The Hall–Kier alpha value is -4.07. The topological polar surface area (TPSA) is 75.6 Å². The minimum atomic E-state index is -4.37. The van der Waals surface area contributed by atoms with Crippen LogP contribution < -0.4 is 10.1 Å². The molecule has 1 amide bonds. The fraction of sp³-hybridized carbons (Fsp3) is 0.241. The van der Waals surface area contributed by atoms with Crippen molar-refractivity contribution < 1.29 is 32.6 Å². The number of halogens is 3. The highest BCUT2D eigenvalue weighted by Crippen LogP contribution is 2.33. The van der Waals surface area contributed by atoms with E-state index >= 15 is 0 Å². The smallest absolute Gasteiger partial charge is 0.416 e. The van der Waals surface area contributed by atoms with E-state index in [1.165, 1.54) is 12.1 Å². The Labute approximate surface area is 213 Å². The van der Waals surface area contributed by atoms with Crippen LogP contribution >= 0.6 is 0 Å². The maximum Gasteiger partial charge on any atom is 0.416 e. The minimum absolute atomic E-state index is 0.0313. The molecule has 3 aromatic carbocycles. The number of alkyl halides is 3. The molecule has 3 rings (SSSR count). The number of ether oxygens (including phenoxy) is 1. The van der Waals surface area contributed by atoms with Crippen molar-refractivity contribution in [1.29, 1.82) is 0 Å². The predicted octanol–water partition coefficient (Wildman–Crippen LogP) is 6.84. The van der Waals surface area contributed by atoms with E-state index in [0.29, 0.717) is 29.7 Å². The van der Waals surface area contributed by atoms with Gasteiger partial charge in [0.15, 0.2) is 0 Å². The van der Waals surface area contributed by atoms with Crippen LogP contribution in [-0.2, 0) is 17.4 Å². The van der Waals surface area contributed by atoms with Crippen molar-refractivity contribution in [2.45, 2.75) is 38.5 Å². The largest absolute Gasteiger partial charge is 0.485 e. The van der Waals surface area contributed by atoms with Gasteiger partial charge in [-0.1, -0.05) is 49.4 Å². The van der Waals surface area contributed by atoms with Gasteiger partial charge in [0.1, 0.15) is 11.9 Å². The SMILES string of the molecule is C=CCc1cc(C(=O)NCCC(=O)O)ccc1O[C@H](CC)c1ccc(-c2ccc(C(F)(F)F)cc2)cc1. The third-order valence-electron chi connectivity index (χ3n) is 5.78. The molecule has 0 heterocycles. The van der Waals surface area contributed by atoms with Gasteiger partial charge in [0.05, 0.1) is 12.0 Å². The molecule has 0 bridgehead atoms. The molecule has 0 aliphatic carbocycles. The Morgan fingerprint density at radius 2 is 1.65 bits per heavy atom. The lowest BCUT2D eigenvalue weighted by molar-refractivity contribution is -0.138. The molecule has 2 N–H and O–H groups in total. The van der Waals surface area contributed by atoms with Gasteiger partial charge in [-0.25, -0.2) is 0 Å². The number of carbonyl (C=O) groups is 2. The van der Waals surface area contributed by atoms with Crippen molar-refractivity contribution in [3.8, 4) is 16.9 Å². The molecule has 194 valence electrons. The zero-order valence-corrected chi connectivity index (χ0v) is 20.3. The first kappa shape index (κ1) is 27.5. The average molecular weight is 512 g/mol. The molecule has 3 aromatic rings. The van der Waals surface area contributed by atoms with E-state index in [1.807, 2.05) is 31.2 Å². The molecule has 0 unspecified atom stereocenters. The van der Waals surface area contributed by atoms with Gasteiger partial charge in [0.25, 0.3) is 5.91 Å². The van der Waals surface area contributed by atoms with Gasteiger partial charge >= 0.3 is 12.1 Å². The summed E-state index contributed by atoms with van der Waals surface area (Å²) in [4.78, 5) is 23.1. The first-order valence-electron chi connectivity index (χ1n) is 11.8. The Morgan fingerprint density at radius 3 is 2.19 bits per heavy atom. The number of aliphatic carboxylic acids is 1. The van der Waals surface area contributed by atoms with Crippen LogP contribution in [-0.4, -0.2) is 23.5 Å². The van der Waals surface area contributed by atoms with E-state index in [2.05, 4.69) is 11.9 Å². The lowest BCUT2D eigenvalue weighted by Crippen LogP contribution is -2.26. The van der Waals surface area contributed by atoms with E-state index in [1.54, 1.807) is 24.3 Å². The Morgan fingerprint density at radius 1 is 1.03 bits per heavy atom. The quantitative estimate of drug-likeness (QED) is 0.277. The number of hydrogen-bond donors (Lipinski definition) is 2. The van der Waals surface area contributed by atoms with Gasteiger partial charge in [-0.3, -0.25) is 9.59 Å². The molecule has 0 saturated heterocycles. The van der Waals surface area contributed by atoms with Crippen LogP contribution in [0.5, 0.6) is 5.75 Å². The Bertz CT molecular complexity index is 1240. The summed E-state index contributed by atoms with van der Waals surface area (Å²) in [6, 6.07) is 17.5. The number of rotatable bonds is 11. The minimum Gasteiger partial charge on any atom is -0.485 e. The van der Waals surface area contributed by atoms with E-state index in [4.69, 9.17) is 9.84 Å². The molecule has 0 spiro atoms. The number of allylic oxidation sites excluding steroid dienone is 1. The summed E-state index contributed by atoms with van der Waals surface area (Å²) in [5, 5.41) is 11.3. The van der Waals surface area contributed by atoms with Gasteiger partial charge in [-0.05, 0) is 65.4 Å². The van der Waals surface area contributed by atoms with E-state index in [0.717, 1.165) is 28.8 Å².